The summed E-state index contributed by atoms with van der Waals surface area (Å²) in [6.07, 6.45) is 11.6. The third kappa shape index (κ3) is 4.61. The van der Waals surface area contributed by atoms with Crippen molar-refractivity contribution in [1.82, 2.24) is 4.90 Å². The molecule has 2 aromatic rings. The molecule has 1 saturated carbocycles. The zero-order chi connectivity index (χ0) is 21.9. The van der Waals surface area contributed by atoms with Gasteiger partial charge in [-0.3, -0.25) is 9.69 Å². The fourth-order valence-electron chi connectivity index (χ4n) is 6.17. The Labute approximate surface area is 197 Å². The number of fused-ring (bicyclic) bond motifs is 1. The molecule has 5 rings (SSSR count). The fourth-order valence-corrected chi connectivity index (χ4v) is 6.29. The summed E-state index contributed by atoms with van der Waals surface area (Å²) < 4.78 is 0. The first-order valence-corrected chi connectivity index (χ1v) is 13.0. The van der Waals surface area contributed by atoms with E-state index in [1.165, 1.54) is 55.3 Å². The number of rotatable bonds is 4. The maximum absolute atomic E-state index is 13.8. The van der Waals surface area contributed by atoms with Crippen LogP contribution in [-0.2, 0) is 11.2 Å². The lowest BCUT2D eigenvalue weighted by molar-refractivity contribution is -0.124. The zero-order valence-electron chi connectivity index (χ0n) is 19.0. The summed E-state index contributed by atoms with van der Waals surface area (Å²) in [5.74, 6) is 0.577. The van der Waals surface area contributed by atoms with Gasteiger partial charge in [-0.05, 0) is 74.4 Å². The van der Waals surface area contributed by atoms with Gasteiger partial charge in [-0.2, -0.15) is 0 Å². The van der Waals surface area contributed by atoms with Gasteiger partial charge in [0.1, 0.15) is 0 Å². The Morgan fingerprint density at radius 3 is 2.44 bits per heavy atom. The van der Waals surface area contributed by atoms with E-state index in [1.54, 1.807) is 0 Å². The zero-order valence-corrected chi connectivity index (χ0v) is 19.8. The summed E-state index contributed by atoms with van der Waals surface area (Å²) in [6, 6.07) is 17.7. The molecule has 2 atom stereocenters. The van der Waals surface area contributed by atoms with Crippen molar-refractivity contribution >= 4 is 23.2 Å². The Morgan fingerprint density at radius 2 is 1.62 bits per heavy atom. The highest BCUT2D eigenvalue weighted by molar-refractivity contribution is 6.30. The minimum Gasteiger partial charge on any atom is -0.308 e. The maximum Gasteiger partial charge on any atom is 0.230 e. The quantitative estimate of drug-likeness (QED) is 0.511. The van der Waals surface area contributed by atoms with E-state index in [1.807, 2.05) is 12.1 Å². The molecule has 2 aliphatic heterocycles. The van der Waals surface area contributed by atoms with Crippen LogP contribution in [0.3, 0.4) is 0 Å². The second-order valence-corrected chi connectivity index (χ2v) is 10.4. The topological polar surface area (TPSA) is 23.6 Å². The van der Waals surface area contributed by atoms with Crippen molar-refractivity contribution < 1.29 is 4.79 Å². The number of nitrogens with zero attached hydrogens (tertiary/aromatic N) is 2. The van der Waals surface area contributed by atoms with Crippen molar-refractivity contribution in [3.8, 4) is 0 Å². The predicted molar refractivity (Wildman–Crippen MR) is 132 cm³/mol. The molecule has 0 N–H and O–H groups in total. The van der Waals surface area contributed by atoms with E-state index < -0.39 is 0 Å². The van der Waals surface area contributed by atoms with Gasteiger partial charge in [-0.25, -0.2) is 0 Å². The maximum atomic E-state index is 13.8. The number of hydrogen-bond acceptors (Lipinski definition) is 2. The second kappa shape index (κ2) is 9.97. The normalized spacial score (nSPS) is 24.8. The van der Waals surface area contributed by atoms with Crippen LogP contribution in [0.2, 0.25) is 5.02 Å². The van der Waals surface area contributed by atoms with Crippen molar-refractivity contribution in [3.05, 3.63) is 64.7 Å². The molecule has 4 heteroatoms. The average Bonchev–Trinajstić information content (AvgIpc) is 2.85. The van der Waals surface area contributed by atoms with E-state index in [0.717, 1.165) is 43.8 Å². The largest absolute Gasteiger partial charge is 0.308 e. The number of hydrogen-bond donors (Lipinski definition) is 0. The highest BCUT2D eigenvalue weighted by atomic mass is 35.5. The Kier molecular flexibility index (Phi) is 6.85. The molecule has 2 aromatic carbocycles. The highest BCUT2D eigenvalue weighted by Gasteiger charge is 2.37. The summed E-state index contributed by atoms with van der Waals surface area (Å²) in [7, 11) is 0. The minimum absolute atomic E-state index is 0.200. The average molecular weight is 451 g/mol. The van der Waals surface area contributed by atoms with Crippen molar-refractivity contribution in [2.24, 2.45) is 5.92 Å². The summed E-state index contributed by atoms with van der Waals surface area (Å²) in [5, 5.41) is 0.796. The number of carbonyl (C=O) groups is 1. The van der Waals surface area contributed by atoms with Crippen LogP contribution < -0.4 is 4.90 Å². The lowest BCUT2D eigenvalue weighted by Crippen LogP contribution is -2.52. The summed E-state index contributed by atoms with van der Waals surface area (Å²) >= 11 is 6.16. The summed E-state index contributed by atoms with van der Waals surface area (Å²) in [4.78, 5) is 18.7. The van der Waals surface area contributed by atoms with Gasteiger partial charge in [0.05, 0.1) is 0 Å². The summed E-state index contributed by atoms with van der Waals surface area (Å²) in [6.45, 7) is 2.07. The standard InChI is InChI=1S/C28H35ClN2O/c29-24-16-13-22(14-17-24)26-11-6-7-19-30(26)20-25-18-15-21-8-4-5-12-27(21)31(25)28(32)23-9-2-1-3-10-23/h4-5,8,12-14,16-17,23,25-26H,1-3,6-7,9-11,15,18-20H2. The molecule has 1 amide bonds. The predicted octanol–water partition coefficient (Wildman–Crippen LogP) is 6.80. The van der Waals surface area contributed by atoms with E-state index in [4.69, 9.17) is 11.6 Å². The number of anilines is 1. The van der Waals surface area contributed by atoms with Crippen LogP contribution in [0, 0.1) is 5.92 Å². The third-order valence-electron chi connectivity index (χ3n) is 7.87. The van der Waals surface area contributed by atoms with Gasteiger partial charge >= 0.3 is 0 Å². The van der Waals surface area contributed by atoms with Gasteiger partial charge in [0.15, 0.2) is 0 Å². The third-order valence-corrected chi connectivity index (χ3v) is 8.12. The minimum atomic E-state index is 0.200. The van der Waals surface area contributed by atoms with E-state index in [9.17, 15) is 4.79 Å². The van der Waals surface area contributed by atoms with Crippen molar-refractivity contribution in [2.75, 3.05) is 18.0 Å². The van der Waals surface area contributed by atoms with Gasteiger partial charge in [-0.1, -0.05) is 67.6 Å². The first-order valence-electron chi connectivity index (χ1n) is 12.6. The molecule has 3 nitrogen and oxygen atoms in total. The van der Waals surface area contributed by atoms with Crippen LogP contribution in [0.5, 0.6) is 0 Å². The molecule has 32 heavy (non-hydrogen) atoms. The van der Waals surface area contributed by atoms with Crippen LogP contribution in [0.15, 0.2) is 48.5 Å². The first-order chi connectivity index (χ1) is 15.7. The lowest BCUT2D eigenvalue weighted by Gasteiger charge is -2.44. The first kappa shape index (κ1) is 22.0. The van der Waals surface area contributed by atoms with Gasteiger partial charge < -0.3 is 4.90 Å². The number of piperidine rings is 1. The molecule has 2 fully saturated rings. The number of halogens is 1. The monoisotopic (exact) mass is 450 g/mol. The number of likely N-dealkylation sites (tertiary alicyclic amines) is 1. The number of carbonyl (C=O) groups excluding carboxylic acids is 1. The smallest absolute Gasteiger partial charge is 0.230 e. The van der Waals surface area contributed by atoms with Crippen LogP contribution >= 0.6 is 11.6 Å². The van der Waals surface area contributed by atoms with Crippen LogP contribution in [0.25, 0.3) is 0 Å². The Morgan fingerprint density at radius 1 is 0.875 bits per heavy atom. The van der Waals surface area contributed by atoms with Crippen LogP contribution in [-0.4, -0.2) is 29.9 Å². The molecule has 1 aliphatic carbocycles. The number of para-hydroxylation sites is 1. The Hall–Kier alpha value is -1.84. The van der Waals surface area contributed by atoms with Crippen molar-refractivity contribution in [2.45, 2.75) is 76.3 Å². The van der Waals surface area contributed by atoms with Gasteiger partial charge in [0.2, 0.25) is 5.91 Å². The molecule has 0 aromatic heterocycles. The van der Waals surface area contributed by atoms with Crippen molar-refractivity contribution in [3.63, 3.8) is 0 Å². The van der Waals surface area contributed by atoms with E-state index in [0.29, 0.717) is 11.9 Å². The lowest BCUT2D eigenvalue weighted by atomic mass is 9.86. The molecule has 1 saturated heterocycles. The Balaban J connectivity index is 1.41. The molecule has 0 radical (unpaired) electrons. The molecule has 3 aliphatic rings. The van der Waals surface area contributed by atoms with Gasteiger partial charge in [0, 0.05) is 35.3 Å². The molecule has 2 unspecified atom stereocenters. The summed E-state index contributed by atoms with van der Waals surface area (Å²) in [5.41, 5.74) is 3.86. The van der Waals surface area contributed by atoms with Crippen LogP contribution in [0.1, 0.15) is 75.0 Å². The molecule has 2 heterocycles. The van der Waals surface area contributed by atoms with E-state index in [-0.39, 0.29) is 12.0 Å². The fraction of sp³-hybridized carbons (Fsp3) is 0.536. The SMILES string of the molecule is O=C(C1CCCCC1)N1c2ccccc2CCC1CN1CCCCC1c1ccc(Cl)cc1. The number of aryl methyl sites for hydroxylation is 1. The molecule has 0 bridgehead atoms. The van der Waals surface area contributed by atoms with E-state index >= 15 is 0 Å². The molecular weight excluding hydrogens is 416 g/mol. The molecule has 170 valence electrons. The second-order valence-electron chi connectivity index (χ2n) is 9.92. The number of amides is 1. The molecule has 0 spiro atoms. The van der Waals surface area contributed by atoms with E-state index in [2.05, 4.69) is 46.2 Å². The van der Waals surface area contributed by atoms with Gasteiger partial charge in [-0.15, -0.1) is 0 Å². The van der Waals surface area contributed by atoms with Crippen molar-refractivity contribution in [1.29, 1.82) is 0 Å². The Bertz CT molecular complexity index is 921. The highest BCUT2D eigenvalue weighted by Crippen LogP contribution is 2.37. The number of benzene rings is 2. The van der Waals surface area contributed by atoms with Gasteiger partial charge in [0.25, 0.3) is 0 Å². The molecular formula is C28H35ClN2O. The van der Waals surface area contributed by atoms with Crippen LogP contribution in [0.4, 0.5) is 5.69 Å².